The van der Waals surface area contributed by atoms with Crippen LogP contribution in [0.1, 0.15) is 22.7 Å². The molecule has 1 aliphatic heterocycles. The molecule has 1 unspecified atom stereocenters. The average molecular weight is 245 g/mol. The molecule has 1 aliphatic rings. The van der Waals surface area contributed by atoms with Crippen molar-refractivity contribution in [3.63, 3.8) is 0 Å². The molecule has 94 valence electrons. The van der Waals surface area contributed by atoms with Crippen LogP contribution in [0.4, 0.5) is 5.82 Å². The van der Waals surface area contributed by atoms with Crippen molar-refractivity contribution in [1.29, 1.82) is 0 Å². The minimum absolute atomic E-state index is 0.225. The van der Waals surface area contributed by atoms with Gasteiger partial charge in [-0.25, -0.2) is 5.43 Å². The molecule has 0 radical (unpaired) electrons. The highest BCUT2D eigenvalue weighted by molar-refractivity contribution is 5.52. The molecule has 0 aliphatic carbocycles. The van der Waals surface area contributed by atoms with Crippen LogP contribution < -0.4 is 21.7 Å². The summed E-state index contributed by atoms with van der Waals surface area (Å²) in [4.78, 5) is 0. The SMILES string of the molecule is NNC(c1cn[nH]c1N)c1cccc2c1OCC2. The topological polar surface area (TPSA) is 102 Å². The van der Waals surface area contributed by atoms with Crippen LogP contribution in [0.3, 0.4) is 0 Å². The normalized spacial score (nSPS) is 15.2. The van der Waals surface area contributed by atoms with Gasteiger partial charge < -0.3 is 10.5 Å². The Bertz CT molecular complexity index is 565. The molecule has 0 amide bonds. The predicted molar refractivity (Wildman–Crippen MR) is 67.8 cm³/mol. The number of nitrogens with two attached hydrogens (primary N) is 2. The summed E-state index contributed by atoms with van der Waals surface area (Å²) in [7, 11) is 0. The van der Waals surface area contributed by atoms with E-state index in [1.165, 1.54) is 5.56 Å². The van der Waals surface area contributed by atoms with Crippen molar-refractivity contribution in [2.45, 2.75) is 12.5 Å². The van der Waals surface area contributed by atoms with Crippen LogP contribution >= 0.6 is 0 Å². The van der Waals surface area contributed by atoms with Crippen LogP contribution in [0.2, 0.25) is 0 Å². The van der Waals surface area contributed by atoms with Gasteiger partial charge in [0.15, 0.2) is 0 Å². The van der Waals surface area contributed by atoms with E-state index in [0.717, 1.165) is 23.3 Å². The van der Waals surface area contributed by atoms with Crippen LogP contribution in [-0.2, 0) is 6.42 Å². The third-order valence-electron chi connectivity index (χ3n) is 3.23. The Balaban J connectivity index is 2.08. The van der Waals surface area contributed by atoms with E-state index in [1.807, 2.05) is 12.1 Å². The number of nitrogens with one attached hydrogen (secondary N) is 2. The second kappa shape index (κ2) is 4.32. The Morgan fingerprint density at radius 3 is 3.00 bits per heavy atom. The third-order valence-corrected chi connectivity index (χ3v) is 3.23. The van der Waals surface area contributed by atoms with Crippen molar-refractivity contribution < 1.29 is 4.74 Å². The number of para-hydroxylation sites is 1. The smallest absolute Gasteiger partial charge is 0.127 e. The summed E-state index contributed by atoms with van der Waals surface area (Å²) >= 11 is 0. The minimum Gasteiger partial charge on any atom is -0.493 e. The molecule has 0 spiro atoms. The number of hydrazine groups is 1. The van der Waals surface area contributed by atoms with Crippen LogP contribution in [-0.4, -0.2) is 16.8 Å². The molecule has 2 aromatic rings. The Kier molecular flexibility index (Phi) is 2.66. The molecule has 1 aromatic carbocycles. The lowest BCUT2D eigenvalue weighted by Crippen LogP contribution is -2.29. The first kappa shape index (κ1) is 11.1. The van der Waals surface area contributed by atoms with Gasteiger partial charge in [0.25, 0.3) is 0 Å². The number of nitrogens with zero attached hydrogens (tertiary/aromatic N) is 1. The highest BCUT2D eigenvalue weighted by atomic mass is 16.5. The first-order valence-electron chi connectivity index (χ1n) is 5.80. The second-order valence-corrected chi connectivity index (χ2v) is 4.27. The largest absolute Gasteiger partial charge is 0.493 e. The minimum atomic E-state index is -0.225. The van der Waals surface area contributed by atoms with Gasteiger partial charge in [-0.3, -0.25) is 10.9 Å². The summed E-state index contributed by atoms with van der Waals surface area (Å²) in [5.74, 6) is 7.07. The van der Waals surface area contributed by atoms with E-state index in [2.05, 4.69) is 21.7 Å². The summed E-state index contributed by atoms with van der Waals surface area (Å²) in [6.07, 6.45) is 2.61. The Morgan fingerprint density at radius 1 is 1.39 bits per heavy atom. The van der Waals surface area contributed by atoms with Crippen molar-refractivity contribution >= 4 is 5.82 Å². The molecule has 1 aromatic heterocycles. The number of fused-ring (bicyclic) bond motifs is 1. The fraction of sp³-hybridized carbons (Fsp3) is 0.250. The number of hydrogen-bond donors (Lipinski definition) is 4. The molecule has 3 rings (SSSR count). The zero-order chi connectivity index (χ0) is 12.5. The number of nitrogen functional groups attached to an aromatic ring is 1. The van der Waals surface area contributed by atoms with Crippen molar-refractivity contribution in [1.82, 2.24) is 15.6 Å². The highest BCUT2D eigenvalue weighted by Crippen LogP contribution is 2.36. The van der Waals surface area contributed by atoms with Crippen molar-refractivity contribution in [2.24, 2.45) is 5.84 Å². The fourth-order valence-electron chi connectivity index (χ4n) is 2.35. The van der Waals surface area contributed by atoms with Gasteiger partial charge in [0, 0.05) is 17.5 Å². The number of anilines is 1. The Labute approximate surface area is 104 Å². The van der Waals surface area contributed by atoms with Crippen LogP contribution in [0.5, 0.6) is 5.75 Å². The Hall–Kier alpha value is -2.05. The number of ether oxygens (including phenoxy) is 1. The summed E-state index contributed by atoms with van der Waals surface area (Å²) in [6.45, 7) is 0.713. The monoisotopic (exact) mass is 245 g/mol. The molecular formula is C12H15N5O. The number of rotatable bonds is 3. The second-order valence-electron chi connectivity index (χ2n) is 4.27. The lowest BCUT2D eigenvalue weighted by atomic mass is 9.98. The van der Waals surface area contributed by atoms with E-state index in [-0.39, 0.29) is 6.04 Å². The molecule has 1 atom stereocenters. The summed E-state index contributed by atoms with van der Waals surface area (Å²) in [5, 5.41) is 6.64. The molecular weight excluding hydrogens is 230 g/mol. The first-order chi connectivity index (χ1) is 8.81. The molecule has 2 heterocycles. The summed E-state index contributed by atoms with van der Waals surface area (Å²) in [6, 6.07) is 5.83. The maximum atomic E-state index is 5.85. The number of aromatic nitrogens is 2. The number of aromatic amines is 1. The fourth-order valence-corrected chi connectivity index (χ4v) is 2.35. The molecule has 0 saturated heterocycles. The van der Waals surface area contributed by atoms with E-state index in [4.69, 9.17) is 16.3 Å². The molecule has 0 saturated carbocycles. The zero-order valence-corrected chi connectivity index (χ0v) is 9.81. The van der Waals surface area contributed by atoms with Gasteiger partial charge in [0.2, 0.25) is 0 Å². The van der Waals surface area contributed by atoms with E-state index < -0.39 is 0 Å². The summed E-state index contributed by atoms with van der Waals surface area (Å²) in [5.41, 5.74) is 11.6. The zero-order valence-electron chi connectivity index (χ0n) is 9.81. The highest BCUT2D eigenvalue weighted by Gasteiger charge is 2.24. The van der Waals surface area contributed by atoms with E-state index in [1.54, 1.807) is 6.20 Å². The maximum absolute atomic E-state index is 5.85. The molecule has 18 heavy (non-hydrogen) atoms. The van der Waals surface area contributed by atoms with E-state index in [9.17, 15) is 0 Å². The molecule has 6 heteroatoms. The van der Waals surface area contributed by atoms with Gasteiger partial charge in [-0.15, -0.1) is 0 Å². The average Bonchev–Trinajstić information content (AvgIpc) is 3.00. The standard InChI is InChI=1S/C12H15N5O/c13-12-9(6-15-17-12)10(16-14)8-3-1-2-7-4-5-18-11(7)8/h1-3,6,10,16H,4-5,14H2,(H3,13,15,17). The molecule has 6 nitrogen and oxygen atoms in total. The van der Waals surface area contributed by atoms with E-state index in [0.29, 0.717) is 12.4 Å². The quantitative estimate of drug-likeness (QED) is 0.465. The maximum Gasteiger partial charge on any atom is 0.127 e. The van der Waals surface area contributed by atoms with Crippen LogP contribution in [0.25, 0.3) is 0 Å². The predicted octanol–water partition coefficient (Wildman–Crippen LogP) is 0.479. The number of H-pyrrole nitrogens is 1. The summed E-state index contributed by atoms with van der Waals surface area (Å²) < 4.78 is 5.68. The van der Waals surface area contributed by atoms with E-state index >= 15 is 0 Å². The van der Waals surface area contributed by atoms with Gasteiger partial charge in [-0.2, -0.15) is 5.10 Å². The van der Waals surface area contributed by atoms with Crippen LogP contribution in [0, 0.1) is 0 Å². The molecule has 6 N–H and O–H groups in total. The van der Waals surface area contributed by atoms with Crippen molar-refractivity contribution in [2.75, 3.05) is 12.3 Å². The van der Waals surface area contributed by atoms with Crippen molar-refractivity contribution in [3.05, 3.63) is 41.1 Å². The van der Waals surface area contributed by atoms with Gasteiger partial charge in [-0.05, 0) is 5.56 Å². The van der Waals surface area contributed by atoms with Crippen molar-refractivity contribution in [3.8, 4) is 5.75 Å². The van der Waals surface area contributed by atoms with Gasteiger partial charge >= 0.3 is 0 Å². The number of hydrogen-bond acceptors (Lipinski definition) is 5. The third kappa shape index (κ3) is 1.62. The van der Waals surface area contributed by atoms with Gasteiger partial charge in [0.1, 0.15) is 11.6 Å². The Morgan fingerprint density at radius 2 is 2.28 bits per heavy atom. The van der Waals surface area contributed by atoms with Gasteiger partial charge in [0.05, 0.1) is 18.8 Å². The lowest BCUT2D eigenvalue weighted by molar-refractivity contribution is 0.350. The van der Waals surface area contributed by atoms with Gasteiger partial charge in [-0.1, -0.05) is 18.2 Å². The lowest BCUT2D eigenvalue weighted by Gasteiger charge is -2.18. The molecule has 0 fully saturated rings. The first-order valence-corrected chi connectivity index (χ1v) is 5.80. The van der Waals surface area contributed by atoms with Crippen LogP contribution in [0.15, 0.2) is 24.4 Å². The molecule has 0 bridgehead atoms. The number of benzene rings is 1.